The van der Waals surface area contributed by atoms with Crippen LogP contribution in [0.15, 0.2) is 103 Å². The van der Waals surface area contributed by atoms with Crippen molar-refractivity contribution in [1.82, 2.24) is 0 Å². The van der Waals surface area contributed by atoms with E-state index in [9.17, 15) is 5.11 Å². The Balaban J connectivity index is 1.79. The zero-order valence-corrected chi connectivity index (χ0v) is 22.5. The van der Waals surface area contributed by atoms with Gasteiger partial charge < -0.3 is 16.2 Å². The Morgan fingerprint density at radius 2 is 1.27 bits per heavy atom. The average Bonchev–Trinajstić information content (AvgIpc) is 2.90. The monoisotopic (exact) mass is 490 g/mol. The van der Waals surface area contributed by atoms with Crippen LogP contribution in [0.5, 0.6) is 5.75 Å². The van der Waals surface area contributed by atoms with E-state index in [4.69, 9.17) is 5.73 Å². The Bertz CT molecular complexity index is 1370. The lowest BCUT2D eigenvalue weighted by Crippen LogP contribution is -2.24. The van der Waals surface area contributed by atoms with Gasteiger partial charge in [0.1, 0.15) is 5.75 Å². The zero-order valence-electron chi connectivity index (χ0n) is 22.5. The van der Waals surface area contributed by atoms with Crippen molar-refractivity contribution in [3.8, 4) is 5.75 Å². The van der Waals surface area contributed by atoms with E-state index in [0.717, 1.165) is 33.6 Å². The molecule has 0 aliphatic rings. The number of nitrogen functional groups attached to an aromatic ring is 1. The molecule has 0 spiro atoms. The van der Waals surface area contributed by atoms with E-state index in [0.29, 0.717) is 0 Å². The molecule has 0 bridgehead atoms. The van der Waals surface area contributed by atoms with Crippen LogP contribution in [0.25, 0.3) is 6.08 Å². The van der Waals surface area contributed by atoms with Crippen molar-refractivity contribution in [3.63, 3.8) is 0 Å². The van der Waals surface area contributed by atoms with E-state index in [1.807, 2.05) is 54.6 Å². The second-order valence-corrected chi connectivity index (χ2v) is 10.8. The third-order valence-electron chi connectivity index (χ3n) is 7.44. The summed E-state index contributed by atoms with van der Waals surface area (Å²) in [6.45, 7) is 10.9. The maximum Gasteiger partial charge on any atom is 0.142 e. The van der Waals surface area contributed by atoms with Gasteiger partial charge in [-0.2, -0.15) is 0 Å². The molecule has 0 aromatic heterocycles. The summed E-state index contributed by atoms with van der Waals surface area (Å²) < 4.78 is 0. The zero-order chi connectivity index (χ0) is 26.6. The van der Waals surface area contributed by atoms with Gasteiger partial charge in [0.15, 0.2) is 0 Å². The molecular weight excluding hydrogens is 452 g/mol. The van der Waals surface area contributed by atoms with E-state index in [1.54, 1.807) is 0 Å². The van der Waals surface area contributed by atoms with Crippen molar-refractivity contribution in [2.45, 2.75) is 51.5 Å². The van der Waals surface area contributed by atoms with Gasteiger partial charge >= 0.3 is 0 Å². The molecule has 190 valence electrons. The molecule has 3 heteroatoms. The highest BCUT2D eigenvalue weighted by atomic mass is 16.3. The number of nitrogens with one attached hydrogen (secondary N) is 1. The second-order valence-electron chi connectivity index (χ2n) is 10.8. The van der Waals surface area contributed by atoms with Gasteiger partial charge in [-0.25, -0.2) is 0 Å². The number of phenols is 1. The van der Waals surface area contributed by atoms with Crippen LogP contribution in [0.2, 0.25) is 0 Å². The molecule has 4 N–H and O–H groups in total. The number of phenolic OH excluding ortho intramolecular Hbond substituents is 1. The highest BCUT2D eigenvalue weighted by Crippen LogP contribution is 2.44. The van der Waals surface area contributed by atoms with Crippen LogP contribution >= 0.6 is 0 Å². The SMILES string of the molecule is CC(/C=C/c1ccccc1N)Nc1cc(C(C)(C)c2ccccc2)cc(C(C)(C)c2ccccc2)c1O. The first kappa shape index (κ1) is 26.1. The molecule has 37 heavy (non-hydrogen) atoms. The van der Waals surface area contributed by atoms with Gasteiger partial charge in [0.25, 0.3) is 0 Å². The number of aromatic hydroxyl groups is 1. The summed E-state index contributed by atoms with van der Waals surface area (Å²) in [5.74, 6) is 0.279. The van der Waals surface area contributed by atoms with Crippen LogP contribution in [0.1, 0.15) is 62.4 Å². The summed E-state index contributed by atoms with van der Waals surface area (Å²) >= 11 is 0. The van der Waals surface area contributed by atoms with Crippen LogP contribution in [0, 0.1) is 0 Å². The number of rotatable bonds is 8. The van der Waals surface area contributed by atoms with E-state index < -0.39 is 5.41 Å². The van der Waals surface area contributed by atoms with Gasteiger partial charge in [0, 0.05) is 28.1 Å². The molecule has 4 aromatic rings. The number of hydrogen-bond acceptors (Lipinski definition) is 3. The summed E-state index contributed by atoms with van der Waals surface area (Å²) in [4.78, 5) is 0. The lowest BCUT2D eigenvalue weighted by molar-refractivity contribution is 0.453. The number of hydrogen-bond donors (Lipinski definition) is 3. The minimum Gasteiger partial charge on any atom is -0.505 e. The summed E-state index contributed by atoms with van der Waals surface area (Å²) in [5, 5.41) is 15.2. The quantitative estimate of drug-likeness (QED) is 0.173. The van der Waals surface area contributed by atoms with E-state index in [1.165, 1.54) is 5.56 Å². The summed E-state index contributed by atoms with van der Waals surface area (Å²) in [5.41, 5.74) is 12.3. The Kier molecular flexibility index (Phi) is 7.45. The molecule has 0 aliphatic heterocycles. The van der Waals surface area contributed by atoms with E-state index >= 15 is 0 Å². The van der Waals surface area contributed by atoms with Gasteiger partial charge in [0.05, 0.1) is 5.69 Å². The second kappa shape index (κ2) is 10.6. The molecule has 4 aromatic carbocycles. The maximum absolute atomic E-state index is 11.6. The number of benzene rings is 4. The van der Waals surface area contributed by atoms with E-state index in [-0.39, 0.29) is 17.2 Å². The fraction of sp³-hybridized carbons (Fsp3) is 0.235. The highest BCUT2D eigenvalue weighted by molar-refractivity contribution is 5.68. The Hall–Kier alpha value is -3.98. The van der Waals surface area contributed by atoms with Gasteiger partial charge in [-0.1, -0.05) is 125 Å². The van der Waals surface area contributed by atoms with Crippen LogP contribution < -0.4 is 11.1 Å². The van der Waals surface area contributed by atoms with Crippen LogP contribution in [0.3, 0.4) is 0 Å². The minimum absolute atomic E-state index is 0.0340. The van der Waals surface area contributed by atoms with Gasteiger partial charge in [-0.15, -0.1) is 0 Å². The van der Waals surface area contributed by atoms with E-state index in [2.05, 4.69) is 94.5 Å². The van der Waals surface area contributed by atoms with Crippen molar-refractivity contribution in [2.24, 2.45) is 0 Å². The standard InChI is InChI=1S/C34H38N2O/c1-24(20-21-25-14-12-13-19-30(25)35)36-31-23-28(33(2,3)26-15-8-6-9-16-26)22-29(32(31)37)34(4,5)27-17-10-7-11-18-27/h6-24,36-37H,35H2,1-5H3/b21-20+. The lowest BCUT2D eigenvalue weighted by atomic mass is 9.72. The molecule has 0 heterocycles. The molecule has 0 amide bonds. The van der Waals surface area contributed by atoms with Crippen LogP contribution in [-0.2, 0) is 10.8 Å². The molecule has 0 aliphatic carbocycles. The number of para-hydroxylation sites is 1. The summed E-state index contributed by atoms with van der Waals surface area (Å²) in [7, 11) is 0. The largest absolute Gasteiger partial charge is 0.505 e. The normalized spacial score (nSPS) is 13.0. The summed E-state index contributed by atoms with van der Waals surface area (Å²) in [6.07, 6.45) is 4.10. The average molecular weight is 491 g/mol. The van der Waals surface area contributed by atoms with Crippen molar-refractivity contribution < 1.29 is 5.11 Å². The van der Waals surface area contributed by atoms with Crippen molar-refractivity contribution >= 4 is 17.5 Å². The fourth-order valence-corrected chi connectivity index (χ4v) is 4.82. The van der Waals surface area contributed by atoms with Gasteiger partial charge in [-0.3, -0.25) is 0 Å². The predicted octanol–water partition coefficient (Wildman–Crippen LogP) is 8.14. The first-order chi connectivity index (χ1) is 17.6. The molecule has 0 saturated heterocycles. The van der Waals surface area contributed by atoms with Crippen molar-refractivity contribution in [1.29, 1.82) is 0 Å². The number of nitrogens with two attached hydrogens (primary N) is 1. The first-order valence-corrected chi connectivity index (χ1v) is 12.9. The molecular formula is C34H38N2O. The van der Waals surface area contributed by atoms with Gasteiger partial charge in [-0.05, 0) is 41.3 Å². The molecule has 0 saturated carbocycles. The Labute approximate surface area is 221 Å². The minimum atomic E-state index is -0.401. The number of anilines is 2. The van der Waals surface area contributed by atoms with Crippen molar-refractivity contribution in [2.75, 3.05) is 11.1 Å². The molecule has 1 unspecified atom stereocenters. The third kappa shape index (κ3) is 5.56. The fourth-order valence-electron chi connectivity index (χ4n) is 4.82. The molecule has 3 nitrogen and oxygen atoms in total. The Morgan fingerprint density at radius 1 is 0.730 bits per heavy atom. The molecule has 0 radical (unpaired) electrons. The van der Waals surface area contributed by atoms with Gasteiger partial charge in [0.2, 0.25) is 0 Å². The van der Waals surface area contributed by atoms with Crippen LogP contribution in [0.4, 0.5) is 11.4 Å². The Morgan fingerprint density at radius 3 is 1.86 bits per heavy atom. The molecule has 1 atom stereocenters. The van der Waals surface area contributed by atoms with Crippen molar-refractivity contribution in [3.05, 3.63) is 131 Å². The first-order valence-electron chi connectivity index (χ1n) is 12.9. The molecule has 0 fully saturated rings. The maximum atomic E-state index is 11.6. The van der Waals surface area contributed by atoms with Crippen LogP contribution in [-0.4, -0.2) is 11.1 Å². The smallest absolute Gasteiger partial charge is 0.142 e. The molecule has 4 rings (SSSR count). The lowest BCUT2D eigenvalue weighted by Gasteiger charge is -2.33. The topological polar surface area (TPSA) is 58.3 Å². The highest BCUT2D eigenvalue weighted by Gasteiger charge is 2.32. The predicted molar refractivity (Wildman–Crippen MR) is 158 cm³/mol. The third-order valence-corrected chi connectivity index (χ3v) is 7.44. The summed E-state index contributed by atoms with van der Waals surface area (Å²) in [6, 6.07) is 32.9.